The Morgan fingerprint density at radius 2 is 2.15 bits per heavy atom. The number of guanidine groups is 1. The summed E-state index contributed by atoms with van der Waals surface area (Å²) >= 11 is 6.04. The average molecular weight is 406 g/mol. The SMILES string of the molecule is CCN=C(NC1CC1)NC1CC1c1cccc(Cl)c1.I. The van der Waals surface area contributed by atoms with Crippen molar-refractivity contribution in [2.24, 2.45) is 4.99 Å². The highest BCUT2D eigenvalue weighted by Crippen LogP contribution is 2.41. The van der Waals surface area contributed by atoms with Crippen LogP contribution in [-0.2, 0) is 0 Å². The molecule has 2 aliphatic carbocycles. The van der Waals surface area contributed by atoms with E-state index in [1.807, 2.05) is 12.1 Å². The molecule has 2 atom stereocenters. The van der Waals surface area contributed by atoms with Crippen LogP contribution in [0.5, 0.6) is 0 Å². The fourth-order valence-corrected chi connectivity index (χ4v) is 2.55. The molecule has 2 saturated carbocycles. The molecular weight excluding hydrogens is 385 g/mol. The molecule has 5 heteroatoms. The minimum Gasteiger partial charge on any atom is -0.354 e. The molecule has 0 aliphatic heterocycles. The molecule has 20 heavy (non-hydrogen) atoms. The molecular formula is C15H21ClIN3. The Hall–Kier alpha value is -0.490. The van der Waals surface area contributed by atoms with E-state index in [0.29, 0.717) is 18.0 Å². The van der Waals surface area contributed by atoms with Crippen molar-refractivity contribution in [3.05, 3.63) is 34.9 Å². The molecule has 2 fully saturated rings. The second-order valence-electron chi connectivity index (χ2n) is 5.39. The van der Waals surface area contributed by atoms with E-state index in [9.17, 15) is 0 Å². The first-order valence-electron chi connectivity index (χ1n) is 7.09. The number of hydrogen-bond donors (Lipinski definition) is 2. The Labute approximate surface area is 142 Å². The first-order valence-corrected chi connectivity index (χ1v) is 7.47. The molecule has 0 heterocycles. The average Bonchev–Trinajstić information content (AvgIpc) is 3.26. The molecule has 0 saturated heterocycles. The van der Waals surface area contributed by atoms with Crippen molar-refractivity contribution >= 4 is 41.5 Å². The third kappa shape index (κ3) is 4.25. The van der Waals surface area contributed by atoms with Gasteiger partial charge in [0.25, 0.3) is 0 Å². The van der Waals surface area contributed by atoms with Gasteiger partial charge < -0.3 is 10.6 Å². The minimum atomic E-state index is 0. The molecule has 2 N–H and O–H groups in total. The Morgan fingerprint density at radius 1 is 1.35 bits per heavy atom. The van der Waals surface area contributed by atoms with Gasteiger partial charge in [0.15, 0.2) is 5.96 Å². The van der Waals surface area contributed by atoms with E-state index in [1.165, 1.54) is 18.4 Å². The summed E-state index contributed by atoms with van der Waals surface area (Å²) in [6, 6.07) is 9.31. The van der Waals surface area contributed by atoms with E-state index in [2.05, 4.69) is 34.7 Å². The van der Waals surface area contributed by atoms with Gasteiger partial charge >= 0.3 is 0 Å². The molecule has 2 unspecified atom stereocenters. The van der Waals surface area contributed by atoms with Crippen LogP contribution in [0, 0.1) is 0 Å². The van der Waals surface area contributed by atoms with Crippen molar-refractivity contribution in [1.82, 2.24) is 10.6 Å². The molecule has 0 radical (unpaired) electrons. The maximum Gasteiger partial charge on any atom is 0.191 e. The summed E-state index contributed by atoms with van der Waals surface area (Å²) in [7, 11) is 0. The van der Waals surface area contributed by atoms with Crippen LogP contribution in [0.4, 0.5) is 0 Å². The molecule has 3 nitrogen and oxygen atoms in total. The highest BCUT2D eigenvalue weighted by atomic mass is 127. The lowest BCUT2D eigenvalue weighted by atomic mass is 10.1. The van der Waals surface area contributed by atoms with Crippen LogP contribution in [0.15, 0.2) is 29.3 Å². The van der Waals surface area contributed by atoms with Crippen molar-refractivity contribution in [1.29, 1.82) is 0 Å². The van der Waals surface area contributed by atoms with Gasteiger partial charge in [-0.2, -0.15) is 0 Å². The quantitative estimate of drug-likeness (QED) is 0.457. The zero-order valence-corrected chi connectivity index (χ0v) is 14.7. The number of nitrogens with zero attached hydrogens (tertiary/aromatic N) is 1. The zero-order valence-electron chi connectivity index (χ0n) is 11.6. The molecule has 110 valence electrons. The van der Waals surface area contributed by atoms with Crippen LogP contribution >= 0.6 is 35.6 Å². The van der Waals surface area contributed by atoms with E-state index < -0.39 is 0 Å². The lowest BCUT2D eigenvalue weighted by Gasteiger charge is -2.11. The van der Waals surface area contributed by atoms with Gasteiger partial charge in [0.1, 0.15) is 0 Å². The van der Waals surface area contributed by atoms with E-state index in [0.717, 1.165) is 23.9 Å². The van der Waals surface area contributed by atoms with Crippen molar-refractivity contribution in [2.75, 3.05) is 6.54 Å². The minimum absolute atomic E-state index is 0. The van der Waals surface area contributed by atoms with Gasteiger partial charge in [-0.25, -0.2) is 0 Å². The molecule has 0 amide bonds. The number of aliphatic imine (C=N–C) groups is 1. The van der Waals surface area contributed by atoms with E-state index in [1.54, 1.807) is 0 Å². The molecule has 3 rings (SSSR count). The highest BCUT2D eigenvalue weighted by molar-refractivity contribution is 14.0. The monoisotopic (exact) mass is 405 g/mol. The van der Waals surface area contributed by atoms with Crippen LogP contribution in [0.25, 0.3) is 0 Å². The molecule has 1 aromatic carbocycles. The highest BCUT2D eigenvalue weighted by Gasteiger charge is 2.39. The fraction of sp³-hybridized carbons (Fsp3) is 0.533. The predicted octanol–water partition coefficient (Wildman–Crippen LogP) is 3.53. The maximum atomic E-state index is 6.04. The summed E-state index contributed by atoms with van der Waals surface area (Å²) in [5.74, 6) is 1.54. The van der Waals surface area contributed by atoms with Crippen LogP contribution in [0.2, 0.25) is 5.02 Å². The van der Waals surface area contributed by atoms with Crippen molar-refractivity contribution < 1.29 is 0 Å². The third-order valence-electron chi connectivity index (χ3n) is 3.62. The summed E-state index contributed by atoms with van der Waals surface area (Å²) in [5.41, 5.74) is 1.33. The first-order chi connectivity index (χ1) is 9.26. The Bertz CT molecular complexity index is 488. The Kier molecular flexibility index (Phi) is 5.55. The Morgan fingerprint density at radius 3 is 2.80 bits per heavy atom. The predicted molar refractivity (Wildman–Crippen MR) is 95.3 cm³/mol. The van der Waals surface area contributed by atoms with Gasteiger partial charge in [0.2, 0.25) is 0 Å². The number of halogens is 2. The smallest absolute Gasteiger partial charge is 0.191 e. The summed E-state index contributed by atoms with van der Waals surface area (Å²) in [5, 5.41) is 7.81. The molecule has 2 aliphatic rings. The summed E-state index contributed by atoms with van der Waals surface area (Å²) in [6.45, 7) is 2.88. The van der Waals surface area contributed by atoms with Gasteiger partial charge in [0.05, 0.1) is 0 Å². The lowest BCUT2D eigenvalue weighted by molar-refractivity contribution is 0.781. The largest absolute Gasteiger partial charge is 0.354 e. The van der Waals surface area contributed by atoms with Gasteiger partial charge in [0, 0.05) is 29.6 Å². The molecule has 0 aromatic heterocycles. The number of nitrogens with one attached hydrogen (secondary N) is 2. The first kappa shape index (κ1) is 15.9. The summed E-state index contributed by atoms with van der Waals surface area (Å²) < 4.78 is 0. The van der Waals surface area contributed by atoms with Gasteiger partial charge in [-0.1, -0.05) is 23.7 Å². The molecule has 0 spiro atoms. The van der Waals surface area contributed by atoms with E-state index in [-0.39, 0.29) is 24.0 Å². The second-order valence-corrected chi connectivity index (χ2v) is 5.83. The fourth-order valence-electron chi connectivity index (χ4n) is 2.35. The van der Waals surface area contributed by atoms with Crippen molar-refractivity contribution in [3.8, 4) is 0 Å². The number of benzene rings is 1. The molecule has 1 aromatic rings. The lowest BCUT2D eigenvalue weighted by Crippen LogP contribution is -2.40. The van der Waals surface area contributed by atoms with Crippen LogP contribution in [-0.4, -0.2) is 24.6 Å². The Balaban J connectivity index is 0.00000147. The van der Waals surface area contributed by atoms with Gasteiger partial charge in [-0.3, -0.25) is 4.99 Å². The third-order valence-corrected chi connectivity index (χ3v) is 3.86. The van der Waals surface area contributed by atoms with Crippen molar-refractivity contribution in [3.63, 3.8) is 0 Å². The van der Waals surface area contributed by atoms with E-state index >= 15 is 0 Å². The van der Waals surface area contributed by atoms with E-state index in [4.69, 9.17) is 11.6 Å². The molecule has 0 bridgehead atoms. The van der Waals surface area contributed by atoms with Gasteiger partial charge in [-0.05, 0) is 43.9 Å². The topological polar surface area (TPSA) is 36.4 Å². The van der Waals surface area contributed by atoms with Crippen LogP contribution in [0.1, 0.15) is 37.7 Å². The normalized spacial score (nSPS) is 24.8. The standard InChI is InChI=1S/C15H20ClN3.HI/c1-2-17-15(18-12-6-7-12)19-14-9-13(14)10-4-3-5-11(16)8-10;/h3-5,8,12-14H,2,6-7,9H2,1H3,(H2,17,18,19);1H. The summed E-state index contributed by atoms with van der Waals surface area (Å²) in [4.78, 5) is 4.50. The summed E-state index contributed by atoms with van der Waals surface area (Å²) in [6.07, 6.45) is 3.70. The maximum absolute atomic E-state index is 6.04. The van der Waals surface area contributed by atoms with Crippen LogP contribution < -0.4 is 10.6 Å². The van der Waals surface area contributed by atoms with Crippen molar-refractivity contribution in [2.45, 2.75) is 44.2 Å². The second kappa shape index (κ2) is 6.98. The number of hydrogen-bond acceptors (Lipinski definition) is 1. The van der Waals surface area contributed by atoms with Crippen LogP contribution in [0.3, 0.4) is 0 Å². The van der Waals surface area contributed by atoms with Gasteiger partial charge in [-0.15, -0.1) is 24.0 Å². The zero-order chi connectivity index (χ0) is 13.2. The number of rotatable bonds is 4.